The van der Waals surface area contributed by atoms with Gasteiger partial charge in [-0.15, -0.1) is 0 Å². The Kier molecular flexibility index (Phi) is 5.52. The van der Waals surface area contributed by atoms with Crippen LogP contribution in [0.1, 0.15) is 23.6 Å². The molecular weight excluding hydrogens is 382 g/mol. The lowest BCUT2D eigenvalue weighted by Crippen LogP contribution is -2.35. The molecule has 1 aliphatic carbocycles. The van der Waals surface area contributed by atoms with Crippen LogP contribution in [0.15, 0.2) is 59.4 Å². The van der Waals surface area contributed by atoms with Crippen molar-refractivity contribution in [3.8, 4) is 22.8 Å². The molecule has 1 heterocycles. The third kappa shape index (κ3) is 3.91. The van der Waals surface area contributed by atoms with E-state index in [1.54, 1.807) is 32.4 Å². The van der Waals surface area contributed by atoms with E-state index in [2.05, 4.69) is 16.5 Å². The summed E-state index contributed by atoms with van der Waals surface area (Å²) in [7, 11) is 3.12. The first-order chi connectivity index (χ1) is 14.6. The van der Waals surface area contributed by atoms with Crippen LogP contribution in [0.3, 0.4) is 0 Å². The van der Waals surface area contributed by atoms with Crippen LogP contribution in [0.4, 0.5) is 0 Å². The molecule has 0 saturated carbocycles. The molecular formula is C23H23N3O4. The minimum absolute atomic E-state index is 0.0292. The lowest BCUT2D eigenvalue weighted by Gasteiger charge is -2.15. The number of benzene rings is 2. The Morgan fingerprint density at radius 3 is 2.70 bits per heavy atom. The van der Waals surface area contributed by atoms with Crippen molar-refractivity contribution in [2.24, 2.45) is 0 Å². The summed E-state index contributed by atoms with van der Waals surface area (Å²) in [6.45, 7) is -0.140. The molecule has 0 radical (unpaired) electrons. The first-order valence-corrected chi connectivity index (χ1v) is 9.77. The fourth-order valence-electron chi connectivity index (χ4n) is 3.79. The van der Waals surface area contributed by atoms with E-state index in [1.165, 1.54) is 16.3 Å². The first-order valence-electron chi connectivity index (χ1n) is 9.77. The second kappa shape index (κ2) is 8.41. The minimum atomic E-state index is -0.332. The molecule has 0 saturated heterocycles. The zero-order valence-corrected chi connectivity index (χ0v) is 16.9. The molecule has 1 amide bonds. The van der Waals surface area contributed by atoms with Gasteiger partial charge in [0.15, 0.2) is 11.5 Å². The summed E-state index contributed by atoms with van der Waals surface area (Å²) in [6.07, 6.45) is 1.80. The highest BCUT2D eigenvalue weighted by Crippen LogP contribution is 2.32. The summed E-state index contributed by atoms with van der Waals surface area (Å²) in [6, 6.07) is 16.5. The van der Waals surface area contributed by atoms with Gasteiger partial charge in [0.05, 0.1) is 26.0 Å². The molecule has 7 nitrogen and oxygen atoms in total. The van der Waals surface area contributed by atoms with Crippen molar-refractivity contribution in [1.29, 1.82) is 0 Å². The minimum Gasteiger partial charge on any atom is -0.493 e. The summed E-state index contributed by atoms with van der Waals surface area (Å²) in [5.74, 6) is 0.925. The van der Waals surface area contributed by atoms with Crippen LogP contribution in [0, 0.1) is 0 Å². The molecule has 0 spiro atoms. The van der Waals surface area contributed by atoms with Crippen LogP contribution in [0.2, 0.25) is 0 Å². The smallest absolute Gasteiger partial charge is 0.267 e. The number of hydrogen-bond donors (Lipinski definition) is 1. The molecule has 0 aliphatic heterocycles. The lowest BCUT2D eigenvalue weighted by molar-refractivity contribution is -0.122. The van der Waals surface area contributed by atoms with E-state index in [1.807, 2.05) is 24.3 Å². The predicted octanol–water partition coefficient (Wildman–Crippen LogP) is 2.73. The van der Waals surface area contributed by atoms with Crippen molar-refractivity contribution in [3.05, 3.63) is 76.1 Å². The summed E-state index contributed by atoms with van der Waals surface area (Å²) in [5, 5.41) is 7.41. The fraction of sp³-hybridized carbons (Fsp3) is 0.261. The second-order valence-electron chi connectivity index (χ2n) is 7.14. The maximum atomic E-state index is 12.6. The Balaban J connectivity index is 1.53. The van der Waals surface area contributed by atoms with E-state index in [9.17, 15) is 9.59 Å². The van der Waals surface area contributed by atoms with Gasteiger partial charge in [-0.05, 0) is 48.2 Å². The van der Waals surface area contributed by atoms with Crippen molar-refractivity contribution in [2.45, 2.75) is 25.4 Å². The van der Waals surface area contributed by atoms with Crippen molar-refractivity contribution in [1.82, 2.24) is 15.1 Å². The Bertz CT molecular complexity index is 1140. The van der Waals surface area contributed by atoms with Gasteiger partial charge in [-0.25, -0.2) is 4.68 Å². The number of aromatic nitrogens is 2. The molecule has 4 rings (SSSR count). The number of nitrogens with one attached hydrogen (secondary N) is 1. The van der Waals surface area contributed by atoms with Crippen molar-refractivity contribution >= 4 is 5.91 Å². The van der Waals surface area contributed by atoms with Crippen LogP contribution < -0.4 is 20.3 Å². The topological polar surface area (TPSA) is 82.5 Å². The number of ether oxygens (including phenoxy) is 2. The van der Waals surface area contributed by atoms with Gasteiger partial charge < -0.3 is 14.8 Å². The Morgan fingerprint density at radius 1 is 1.10 bits per heavy atom. The van der Waals surface area contributed by atoms with E-state index < -0.39 is 0 Å². The quantitative estimate of drug-likeness (QED) is 0.682. The predicted molar refractivity (Wildman–Crippen MR) is 113 cm³/mol. The van der Waals surface area contributed by atoms with Crippen LogP contribution in [-0.2, 0) is 17.8 Å². The van der Waals surface area contributed by atoms with Gasteiger partial charge in [-0.2, -0.15) is 5.10 Å². The average molecular weight is 405 g/mol. The van der Waals surface area contributed by atoms with Crippen LogP contribution >= 0.6 is 0 Å². The Morgan fingerprint density at radius 2 is 1.90 bits per heavy atom. The monoisotopic (exact) mass is 405 g/mol. The largest absolute Gasteiger partial charge is 0.493 e. The van der Waals surface area contributed by atoms with Crippen LogP contribution in [-0.4, -0.2) is 29.9 Å². The number of fused-ring (bicyclic) bond motifs is 1. The summed E-state index contributed by atoms with van der Waals surface area (Å²) in [4.78, 5) is 24.9. The van der Waals surface area contributed by atoms with Gasteiger partial charge in [0.1, 0.15) is 6.54 Å². The van der Waals surface area contributed by atoms with E-state index in [4.69, 9.17) is 9.47 Å². The molecule has 1 aromatic heterocycles. The third-order valence-electron chi connectivity index (χ3n) is 5.31. The van der Waals surface area contributed by atoms with E-state index in [0.717, 1.165) is 24.0 Å². The molecule has 2 aromatic carbocycles. The number of carbonyl (C=O) groups excluding carboxylic acids is 1. The summed E-state index contributed by atoms with van der Waals surface area (Å²) < 4.78 is 11.8. The molecule has 3 aromatic rings. The Labute approximate surface area is 174 Å². The Hall–Kier alpha value is -3.61. The maximum absolute atomic E-state index is 12.6. The maximum Gasteiger partial charge on any atom is 0.267 e. The number of rotatable bonds is 6. The number of hydrogen-bond acceptors (Lipinski definition) is 5. The van der Waals surface area contributed by atoms with Crippen molar-refractivity contribution < 1.29 is 14.3 Å². The molecule has 1 atom stereocenters. The zero-order chi connectivity index (χ0) is 21.1. The molecule has 0 bridgehead atoms. The van der Waals surface area contributed by atoms with Gasteiger partial charge in [0, 0.05) is 11.6 Å². The van der Waals surface area contributed by atoms with E-state index in [0.29, 0.717) is 17.2 Å². The number of nitrogens with zero attached hydrogens (tertiary/aromatic N) is 2. The number of carbonyl (C=O) groups is 1. The second-order valence-corrected chi connectivity index (χ2v) is 7.14. The average Bonchev–Trinajstić information content (AvgIpc) is 3.17. The van der Waals surface area contributed by atoms with Crippen LogP contribution in [0.5, 0.6) is 11.5 Å². The first kappa shape index (κ1) is 19.7. The molecule has 1 N–H and O–H groups in total. The van der Waals surface area contributed by atoms with Crippen molar-refractivity contribution in [3.63, 3.8) is 0 Å². The van der Waals surface area contributed by atoms with E-state index in [-0.39, 0.29) is 24.1 Å². The van der Waals surface area contributed by atoms with Gasteiger partial charge >= 0.3 is 0 Å². The highest BCUT2D eigenvalue weighted by Gasteiger charge is 2.23. The molecule has 1 aliphatic rings. The van der Waals surface area contributed by atoms with Crippen LogP contribution in [0.25, 0.3) is 11.3 Å². The number of aryl methyl sites for hydroxylation is 1. The molecule has 0 fully saturated rings. The highest BCUT2D eigenvalue weighted by atomic mass is 16.5. The van der Waals surface area contributed by atoms with E-state index >= 15 is 0 Å². The third-order valence-corrected chi connectivity index (χ3v) is 5.31. The van der Waals surface area contributed by atoms with Gasteiger partial charge in [-0.3, -0.25) is 9.59 Å². The molecule has 30 heavy (non-hydrogen) atoms. The summed E-state index contributed by atoms with van der Waals surface area (Å²) in [5.41, 5.74) is 3.39. The normalized spacial score (nSPS) is 14.8. The van der Waals surface area contributed by atoms with Crippen molar-refractivity contribution in [2.75, 3.05) is 14.2 Å². The van der Waals surface area contributed by atoms with Gasteiger partial charge in [-0.1, -0.05) is 24.3 Å². The number of amides is 1. The molecule has 0 unspecified atom stereocenters. The number of methoxy groups -OCH3 is 2. The fourth-order valence-corrected chi connectivity index (χ4v) is 3.79. The molecule has 154 valence electrons. The molecule has 7 heteroatoms. The lowest BCUT2D eigenvalue weighted by atomic mass is 10.1. The highest BCUT2D eigenvalue weighted by molar-refractivity contribution is 5.76. The van der Waals surface area contributed by atoms with Gasteiger partial charge in [0.2, 0.25) is 5.91 Å². The summed E-state index contributed by atoms with van der Waals surface area (Å²) >= 11 is 0. The SMILES string of the molecule is COc1ccc(-c2ccc(=O)n(CC(=O)N[C@@H]3CCc4ccccc43)n2)cc1OC. The zero-order valence-electron chi connectivity index (χ0n) is 16.9. The standard InChI is InChI=1S/C23H23N3O4/c1-29-20-11-8-16(13-21(20)30-2)18-10-12-23(28)26(25-18)14-22(27)24-19-9-7-15-5-3-4-6-17(15)19/h3-6,8,10-13,19H,7,9,14H2,1-2H3,(H,24,27)/t19-/m1/s1. The van der Waals surface area contributed by atoms with Gasteiger partial charge in [0.25, 0.3) is 5.56 Å².